The fourth-order valence-electron chi connectivity index (χ4n) is 3.23. The fraction of sp³-hybridized carbons (Fsp3) is 0.278. The average Bonchev–Trinajstić information content (AvgIpc) is 3.16. The number of carbonyl (C=O) groups excluding carboxylic acids is 1. The molecule has 0 aliphatic carbocycles. The van der Waals surface area contributed by atoms with Gasteiger partial charge in [-0.15, -0.1) is 0 Å². The Hall–Kier alpha value is -2.89. The number of nitrogens with zero attached hydrogens (tertiary/aromatic N) is 2. The minimum Gasteiger partial charge on any atom is -0.352 e. The molecule has 3 heterocycles. The number of nitrogens with one attached hydrogen (secondary N) is 2. The topological polar surface area (TPSA) is 79.8 Å². The van der Waals surface area contributed by atoms with Gasteiger partial charge in [-0.1, -0.05) is 12.1 Å². The number of H-pyrrole nitrogens is 1. The number of rotatable bonds is 3. The standard InChI is InChI=1S/C18H18N4O2/c1-11-2-3-12-9-14(18(24)21-15(12)8-11)17-19-6-7-22(17)10-13-4-5-16(23)20-13/h2-3,6-9,13H,4-5,10H2,1H3,(H,20,23)(H,21,24). The Morgan fingerprint density at radius 2 is 2.17 bits per heavy atom. The van der Waals surface area contributed by atoms with Gasteiger partial charge in [0, 0.05) is 36.9 Å². The van der Waals surface area contributed by atoms with Crippen LogP contribution in [0.15, 0.2) is 41.5 Å². The molecule has 4 rings (SSSR count). The van der Waals surface area contributed by atoms with Crippen molar-refractivity contribution >= 4 is 16.8 Å². The molecule has 2 N–H and O–H groups in total. The van der Waals surface area contributed by atoms with Gasteiger partial charge in [0.15, 0.2) is 0 Å². The zero-order valence-corrected chi connectivity index (χ0v) is 13.4. The van der Waals surface area contributed by atoms with E-state index in [0.717, 1.165) is 22.9 Å². The predicted octanol–water partition coefficient (Wildman–Crippen LogP) is 1.98. The van der Waals surface area contributed by atoms with Gasteiger partial charge in [0.1, 0.15) is 5.82 Å². The first-order valence-corrected chi connectivity index (χ1v) is 8.05. The molecule has 6 nitrogen and oxygen atoms in total. The summed E-state index contributed by atoms with van der Waals surface area (Å²) in [6.07, 6.45) is 4.90. The Kier molecular flexibility index (Phi) is 3.45. The summed E-state index contributed by atoms with van der Waals surface area (Å²) < 4.78 is 1.93. The molecular formula is C18H18N4O2. The molecule has 1 aromatic carbocycles. The third kappa shape index (κ3) is 2.60. The highest BCUT2D eigenvalue weighted by atomic mass is 16.2. The van der Waals surface area contributed by atoms with Gasteiger partial charge in [-0.2, -0.15) is 0 Å². The molecule has 3 aromatic rings. The van der Waals surface area contributed by atoms with Crippen molar-refractivity contribution in [3.05, 3.63) is 52.6 Å². The minimum absolute atomic E-state index is 0.0839. The summed E-state index contributed by atoms with van der Waals surface area (Å²) >= 11 is 0. The number of hydrogen-bond acceptors (Lipinski definition) is 3. The summed E-state index contributed by atoms with van der Waals surface area (Å²) in [5.74, 6) is 0.709. The molecule has 1 amide bonds. The Balaban J connectivity index is 1.74. The first-order valence-electron chi connectivity index (χ1n) is 8.05. The molecule has 0 radical (unpaired) electrons. The van der Waals surface area contributed by atoms with Crippen molar-refractivity contribution in [2.45, 2.75) is 32.4 Å². The van der Waals surface area contributed by atoms with E-state index >= 15 is 0 Å². The minimum atomic E-state index is -0.156. The summed E-state index contributed by atoms with van der Waals surface area (Å²) in [6, 6.07) is 7.94. The monoisotopic (exact) mass is 322 g/mol. The van der Waals surface area contributed by atoms with Crippen molar-refractivity contribution in [3.8, 4) is 11.4 Å². The Morgan fingerprint density at radius 1 is 1.29 bits per heavy atom. The Bertz CT molecular complexity index is 986. The smallest absolute Gasteiger partial charge is 0.259 e. The molecule has 1 aliphatic heterocycles. The zero-order chi connectivity index (χ0) is 16.7. The maximum atomic E-state index is 12.5. The van der Waals surface area contributed by atoms with E-state index in [1.54, 1.807) is 6.20 Å². The van der Waals surface area contributed by atoms with Gasteiger partial charge in [-0.25, -0.2) is 4.98 Å². The molecule has 1 fully saturated rings. The highest BCUT2D eigenvalue weighted by Gasteiger charge is 2.22. The van der Waals surface area contributed by atoms with Crippen LogP contribution in [0.4, 0.5) is 0 Å². The second kappa shape index (κ2) is 5.63. The molecular weight excluding hydrogens is 304 g/mol. The lowest BCUT2D eigenvalue weighted by Gasteiger charge is -2.13. The van der Waals surface area contributed by atoms with E-state index in [1.165, 1.54) is 0 Å². The summed E-state index contributed by atoms with van der Waals surface area (Å²) in [5.41, 5.74) is 2.31. The number of amides is 1. The van der Waals surface area contributed by atoms with Crippen LogP contribution < -0.4 is 10.9 Å². The number of aromatic nitrogens is 3. The van der Waals surface area contributed by atoms with Gasteiger partial charge < -0.3 is 14.9 Å². The van der Waals surface area contributed by atoms with Crippen molar-refractivity contribution in [1.82, 2.24) is 19.9 Å². The molecule has 0 saturated carbocycles. The van der Waals surface area contributed by atoms with Crippen LogP contribution in [0.2, 0.25) is 0 Å². The molecule has 122 valence electrons. The molecule has 24 heavy (non-hydrogen) atoms. The molecule has 0 bridgehead atoms. The highest BCUT2D eigenvalue weighted by Crippen LogP contribution is 2.20. The fourth-order valence-corrected chi connectivity index (χ4v) is 3.23. The van der Waals surface area contributed by atoms with Crippen molar-refractivity contribution in [3.63, 3.8) is 0 Å². The number of hydrogen-bond donors (Lipinski definition) is 2. The average molecular weight is 322 g/mol. The van der Waals surface area contributed by atoms with Crippen LogP contribution in [-0.4, -0.2) is 26.5 Å². The lowest BCUT2D eigenvalue weighted by atomic mass is 10.1. The number of carbonyl (C=O) groups is 1. The van der Waals surface area contributed by atoms with E-state index in [0.29, 0.717) is 24.4 Å². The van der Waals surface area contributed by atoms with Gasteiger partial charge in [0.2, 0.25) is 5.91 Å². The molecule has 0 spiro atoms. The number of imidazole rings is 1. The second-order valence-corrected chi connectivity index (χ2v) is 6.31. The van der Waals surface area contributed by atoms with Gasteiger partial charge in [-0.3, -0.25) is 9.59 Å². The quantitative estimate of drug-likeness (QED) is 0.774. The third-order valence-electron chi connectivity index (χ3n) is 4.46. The van der Waals surface area contributed by atoms with Crippen LogP contribution in [0.5, 0.6) is 0 Å². The summed E-state index contributed by atoms with van der Waals surface area (Å²) in [4.78, 5) is 31.2. The number of benzene rings is 1. The molecule has 1 aliphatic rings. The summed E-state index contributed by atoms with van der Waals surface area (Å²) in [6.45, 7) is 2.61. The molecule has 1 saturated heterocycles. The molecule has 2 aromatic heterocycles. The predicted molar refractivity (Wildman–Crippen MR) is 91.7 cm³/mol. The van der Waals surface area contributed by atoms with Crippen LogP contribution in [0.1, 0.15) is 18.4 Å². The van der Waals surface area contributed by atoms with E-state index in [1.807, 2.05) is 42.0 Å². The van der Waals surface area contributed by atoms with Crippen LogP contribution in [0.25, 0.3) is 22.3 Å². The van der Waals surface area contributed by atoms with Crippen molar-refractivity contribution in [2.75, 3.05) is 0 Å². The lowest BCUT2D eigenvalue weighted by Crippen LogP contribution is -2.29. The number of pyridine rings is 1. The maximum Gasteiger partial charge on any atom is 0.259 e. The Labute approximate surface area is 138 Å². The largest absolute Gasteiger partial charge is 0.352 e. The summed E-state index contributed by atoms with van der Waals surface area (Å²) in [7, 11) is 0. The lowest BCUT2D eigenvalue weighted by molar-refractivity contribution is -0.119. The van der Waals surface area contributed by atoms with Crippen LogP contribution in [0.3, 0.4) is 0 Å². The normalized spacial score (nSPS) is 17.4. The molecule has 1 atom stereocenters. The zero-order valence-electron chi connectivity index (χ0n) is 13.4. The van der Waals surface area contributed by atoms with E-state index in [4.69, 9.17) is 0 Å². The van der Waals surface area contributed by atoms with E-state index < -0.39 is 0 Å². The third-order valence-corrected chi connectivity index (χ3v) is 4.46. The first kappa shape index (κ1) is 14.7. The maximum absolute atomic E-state index is 12.5. The molecule has 6 heteroatoms. The van der Waals surface area contributed by atoms with E-state index in [2.05, 4.69) is 15.3 Å². The van der Waals surface area contributed by atoms with E-state index in [9.17, 15) is 9.59 Å². The highest BCUT2D eigenvalue weighted by molar-refractivity contribution is 5.83. The van der Waals surface area contributed by atoms with Gasteiger partial charge in [0.05, 0.1) is 5.56 Å². The SMILES string of the molecule is Cc1ccc2cc(-c3nccn3CC3CCC(=O)N3)c(=O)[nH]c2c1. The van der Waals surface area contributed by atoms with E-state index in [-0.39, 0.29) is 17.5 Å². The van der Waals surface area contributed by atoms with Crippen molar-refractivity contribution in [1.29, 1.82) is 0 Å². The van der Waals surface area contributed by atoms with Gasteiger partial charge in [-0.05, 0) is 36.4 Å². The number of fused-ring (bicyclic) bond motifs is 1. The van der Waals surface area contributed by atoms with Crippen molar-refractivity contribution < 1.29 is 4.79 Å². The second-order valence-electron chi connectivity index (χ2n) is 6.31. The first-order chi connectivity index (χ1) is 11.6. The Morgan fingerprint density at radius 3 is 2.96 bits per heavy atom. The van der Waals surface area contributed by atoms with Crippen LogP contribution in [0, 0.1) is 6.92 Å². The van der Waals surface area contributed by atoms with Crippen molar-refractivity contribution in [2.24, 2.45) is 0 Å². The number of aromatic amines is 1. The van der Waals surface area contributed by atoms with Crippen LogP contribution in [-0.2, 0) is 11.3 Å². The van der Waals surface area contributed by atoms with Crippen LogP contribution >= 0.6 is 0 Å². The summed E-state index contributed by atoms with van der Waals surface area (Å²) in [5, 5.41) is 3.92. The van der Waals surface area contributed by atoms with Gasteiger partial charge in [0.25, 0.3) is 5.56 Å². The van der Waals surface area contributed by atoms with Gasteiger partial charge >= 0.3 is 0 Å². The number of aryl methyl sites for hydroxylation is 1. The molecule has 1 unspecified atom stereocenters.